The van der Waals surface area contributed by atoms with Crippen LogP contribution in [0.5, 0.6) is 0 Å². The maximum absolute atomic E-state index is 2.75. The largest absolute Gasteiger partial charge is 0.305 e. The van der Waals surface area contributed by atoms with Gasteiger partial charge in [-0.15, -0.1) is 0 Å². The fraction of sp³-hybridized carbons (Fsp3) is 1.00. The summed E-state index contributed by atoms with van der Waals surface area (Å²) in [6.07, 6.45) is 8.88. The van der Waals surface area contributed by atoms with Gasteiger partial charge in [0.25, 0.3) is 0 Å². The number of nitrogens with zero attached hydrogens (tertiary/aromatic N) is 2. The average Bonchev–Trinajstić information content (AvgIpc) is 2.33. The molecule has 2 heterocycles. The van der Waals surface area contributed by atoms with Gasteiger partial charge in [-0.1, -0.05) is 6.92 Å². The van der Waals surface area contributed by atoms with Crippen molar-refractivity contribution in [2.24, 2.45) is 17.3 Å². The molecule has 0 bridgehead atoms. The second kappa shape index (κ2) is 5.13. The standard InChI is InChI=1S/C16H30N2/c1-14-5-9-18(10-6-14)11-15-3-7-16(8-4-15)12-17(2)13-16/h14-15H,3-13H2,1-2H3. The van der Waals surface area contributed by atoms with Crippen LogP contribution < -0.4 is 0 Å². The highest BCUT2D eigenvalue weighted by atomic mass is 15.2. The Morgan fingerprint density at radius 3 is 2.17 bits per heavy atom. The Hall–Kier alpha value is -0.0800. The van der Waals surface area contributed by atoms with Gasteiger partial charge in [-0.2, -0.15) is 0 Å². The Morgan fingerprint density at radius 1 is 1.00 bits per heavy atom. The van der Waals surface area contributed by atoms with Crippen molar-refractivity contribution in [3.8, 4) is 0 Å². The van der Waals surface area contributed by atoms with Gasteiger partial charge in [-0.25, -0.2) is 0 Å². The van der Waals surface area contributed by atoms with Gasteiger partial charge in [0.15, 0.2) is 0 Å². The maximum atomic E-state index is 2.75. The predicted octanol–water partition coefficient (Wildman–Crippen LogP) is 2.84. The lowest BCUT2D eigenvalue weighted by molar-refractivity contribution is -0.0256. The molecule has 3 aliphatic rings. The van der Waals surface area contributed by atoms with Gasteiger partial charge in [0.05, 0.1) is 0 Å². The van der Waals surface area contributed by atoms with Crippen molar-refractivity contribution in [1.82, 2.24) is 9.80 Å². The molecule has 2 nitrogen and oxygen atoms in total. The molecule has 2 heteroatoms. The molecule has 0 aromatic rings. The molecule has 0 radical (unpaired) electrons. The number of hydrogen-bond acceptors (Lipinski definition) is 2. The topological polar surface area (TPSA) is 6.48 Å². The first-order valence-electron chi connectivity index (χ1n) is 8.06. The van der Waals surface area contributed by atoms with Crippen LogP contribution in [-0.2, 0) is 0 Å². The van der Waals surface area contributed by atoms with E-state index >= 15 is 0 Å². The zero-order valence-electron chi connectivity index (χ0n) is 12.3. The number of piperidine rings is 1. The fourth-order valence-corrected chi connectivity index (χ4v) is 4.50. The molecule has 1 aliphatic carbocycles. The number of rotatable bonds is 2. The number of hydrogen-bond donors (Lipinski definition) is 0. The van der Waals surface area contributed by atoms with E-state index in [4.69, 9.17) is 0 Å². The molecule has 2 saturated heterocycles. The first kappa shape index (κ1) is 12.9. The predicted molar refractivity (Wildman–Crippen MR) is 76.7 cm³/mol. The van der Waals surface area contributed by atoms with E-state index in [0.29, 0.717) is 0 Å². The van der Waals surface area contributed by atoms with E-state index in [1.807, 2.05) is 0 Å². The Morgan fingerprint density at radius 2 is 1.61 bits per heavy atom. The molecule has 3 fully saturated rings. The molecule has 0 unspecified atom stereocenters. The maximum Gasteiger partial charge on any atom is 0.00474 e. The van der Waals surface area contributed by atoms with Gasteiger partial charge in [-0.05, 0) is 75.9 Å². The Labute approximate surface area is 113 Å². The van der Waals surface area contributed by atoms with Gasteiger partial charge in [0, 0.05) is 19.6 Å². The zero-order chi connectivity index (χ0) is 12.6. The Bertz CT molecular complexity index is 265. The van der Waals surface area contributed by atoms with Crippen LogP contribution >= 0.6 is 0 Å². The van der Waals surface area contributed by atoms with Crippen LogP contribution in [-0.4, -0.2) is 49.6 Å². The minimum Gasteiger partial charge on any atom is -0.305 e. The van der Waals surface area contributed by atoms with Gasteiger partial charge >= 0.3 is 0 Å². The monoisotopic (exact) mass is 250 g/mol. The SMILES string of the molecule is CC1CCN(CC2CCC3(CC2)CN(C)C3)CC1. The molecule has 0 amide bonds. The molecule has 1 spiro atoms. The molecule has 104 valence electrons. The smallest absolute Gasteiger partial charge is 0.00474 e. The molecule has 0 N–H and O–H groups in total. The highest BCUT2D eigenvalue weighted by Gasteiger charge is 2.43. The van der Waals surface area contributed by atoms with Crippen molar-refractivity contribution >= 4 is 0 Å². The second-order valence-electron chi connectivity index (χ2n) is 7.60. The van der Waals surface area contributed by atoms with Crippen molar-refractivity contribution in [2.45, 2.75) is 45.4 Å². The lowest BCUT2D eigenvalue weighted by Gasteiger charge is -2.52. The fourth-order valence-electron chi connectivity index (χ4n) is 4.50. The van der Waals surface area contributed by atoms with E-state index in [-0.39, 0.29) is 0 Å². The van der Waals surface area contributed by atoms with Crippen LogP contribution in [0.15, 0.2) is 0 Å². The van der Waals surface area contributed by atoms with Crippen LogP contribution in [0.25, 0.3) is 0 Å². The summed E-state index contributed by atoms with van der Waals surface area (Å²) in [5, 5.41) is 0. The average molecular weight is 250 g/mol. The van der Waals surface area contributed by atoms with Crippen molar-refractivity contribution < 1.29 is 0 Å². The highest BCUT2D eigenvalue weighted by Crippen LogP contribution is 2.45. The molecule has 3 rings (SSSR count). The summed E-state index contributed by atoms with van der Waals surface area (Å²) in [4.78, 5) is 5.24. The lowest BCUT2D eigenvalue weighted by Crippen LogP contribution is -2.56. The van der Waals surface area contributed by atoms with Crippen molar-refractivity contribution in [3.63, 3.8) is 0 Å². The Balaban J connectivity index is 1.40. The van der Waals surface area contributed by atoms with E-state index in [1.54, 1.807) is 0 Å². The minimum atomic E-state index is 0.752. The molecular weight excluding hydrogens is 220 g/mol. The van der Waals surface area contributed by atoms with Gasteiger partial charge in [0.2, 0.25) is 0 Å². The Kier molecular flexibility index (Phi) is 3.68. The van der Waals surface area contributed by atoms with Gasteiger partial charge < -0.3 is 9.80 Å². The first-order chi connectivity index (χ1) is 8.65. The van der Waals surface area contributed by atoms with Crippen LogP contribution in [0.1, 0.15) is 45.4 Å². The van der Waals surface area contributed by atoms with Crippen molar-refractivity contribution in [2.75, 3.05) is 39.8 Å². The summed E-state index contributed by atoms with van der Waals surface area (Å²) in [5.41, 5.74) is 0.752. The van der Waals surface area contributed by atoms with E-state index < -0.39 is 0 Å². The van der Waals surface area contributed by atoms with Crippen LogP contribution in [0.3, 0.4) is 0 Å². The normalized spacial score (nSPS) is 31.7. The third-order valence-electron chi connectivity index (χ3n) is 5.77. The highest BCUT2D eigenvalue weighted by molar-refractivity contribution is 4.96. The summed E-state index contributed by atoms with van der Waals surface area (Å²) in [7, 11) is 2.27. The van der Waals surface area contributed by atoms with Crippen molar-refractivity contribution in [1.29, 1.82) is 0 Å². The summed E-state index contributed by atoms with van der Waals surface area (Å²) in [6.45, 7) is 9.30. The quantitative estimate of drug-likeness (QED) is 0.743. The van der Waals surface area contributed by atoms with Gasteiger partial charge in [0.1, 0.15) is 0 Å². The molecule has 0 atom stereocenters. The third-order valence-corrected chi connectivity index (χ3v) is 5.77. The first-order valence-corrected chi connectivity index (χ1v) is 8.06. The third kappa shape index (κ3) is 2.75. The molecule has 0 aromatic carbocycles. The van der Waals surface area contributed by atoms with Crippen molar-refractivity contribution in [3.05, 3.63) is 0 Å². The lowest BCUT2D eigenvalue weighted by atomic mass is 9.66. The van der Waals surface area contributed by atoms with E-state index in [2.05, 4.69) is 23.8 Å². The van der Waals surface area contributed by atoms with E-state index in [1.165, 1.54) is 71.2 Å². The minimum absolute atomic E-state index is 0.752. The number of likely N-dealkylation sites (tertiary alicyclic amines) is 2. The molecule has 0 aromatic heterocycles. The van der Waals surface area contributed by atoms with E-state index in [0.717, 1.165) is 17.3 Å². The second-order valence-corrected chi connectivity index (χ2v) is 7.60. The van der Waals surface area contributed by atoms with Crippen LogP contribution in [0, 0.1) is 17.3 Å². The molecule has 2 aliphatic heterocycles. The summed E-state index contributed by atoms with van der Waals surface area (Å²) in [5.74, 6) is 1.98. The summed E-state index contributed by atoms with van der Waals surface area (Å²) < 4.78 is 0. The van der Waals surface area contributed by atoms with E-state index in [9.17, 15) is 0 Å². The summed E-state index contributed by atoms with van der Waals surface area (Å²) >= 11 is 0. The molecule has 18 heavy (non-hydrogen) atoms. The van der Waals surface area contributed by atoms with Crippen LogP contribution in [0.4, 0.5) is 0 Å². The van der Waals surface area contributed by atoms with Gasteiger partial charge in [-0.3, -0.25) is 0 Å². The summed E-state index contributed by atoms with van der Waals surface area (Å²) in [6, 6.07) is 0. The molecular formula is C16H30N2. The zero-order valence-corrected chi connectivity index (χ0v) is 12.3. The molecule has 1 saturated carbocycles. The van der Waals surface area contributed by atoms with Crippen LogP contribution in [0.2, 0.25) is 0 Å².